The molecule has 1 aromatic rings. The Morgan fingerprint density at radius 2 is 1.57 bits per heavy atom. The number of carbonyl (C=O) groups is 2. The van der Waals surface area contributed by atoms with Crippen LogP contribution in [-0.2, 0) is 25.2 Å². The lowest BCUT2D eigenvalue weighted by Crippen LogP contribution is -2.36. The van der Waals surface area contributed by atoms with Crippen molar-refractivity contribution in [2.24, 2.45) is 0 Å². The lowest BCUT2D eigenvalue weighted by Gasteiger charge is -2.28. The van der Waals surface area contributed by atoms with Crippen LogP contribution < -0.4 is 0 Å². The predicted molar refractivity (Wildman–Crippen MR) is 123 cm³/mol. The first-order valence-corrected chi connectivity index (χ1v) is 10.8. The van der Waals surface area contributed by atoms with Crippen LogP contribution in [0.4, 0.5) is 0 Å². The summed E-state index contributed by atoms with van der Waals surface area (Å²) < 4.78 is 5.00. The fourth-order valence-corrected chi connectivity index (χ4v) is 3.15. The van der Waals surface area contributed by atoms with Crippen molar-refractivity contribution in [3.8, 4) is 5.75 Å². The van der Waals surface area contributed by atoms with Crippen molar-refractivity contribution >= 4 is 18.0 Å². The molecule has 0 bridgehead atoms. The van der Waals surface area contributed by atoms with Gasteiger partial charge in [-0.05, 0) is 47.9 Å². The molecule has 0 spiro atoms. The number of amides is 1. The number of ether oxygens (including phenoxy) is 1. The smallest absolute Gasteiger partial charge is 0.325 e. The number of hydrogen-bond donors (Lipinski definition) is 1. The maximum Gasteiger partial charge on any atom is 0.325 e. The molecule has 0 unspecified atom stereocenters. The zero-order chi connectivity index (χ0) is 23.1. The molecule has 0 fully saturated rings. The second kappa shape index (κ2) is 10.6. The van der Waals surface area contributed by atoms with Crippen molar-refractivity contribution in [2.45, 2.75) is 79.1 Å². The first kappa shape index (κ1) is 25.7. The van der Waals surface area contributed by atoms with Gasteiger partial charge in [0.25, 0.3) is 0 Å². The van der Waals surface area contributed by atoms with Gasteiger partial charge in [0.1, 0.15) is 12.3 Å². The van der Waals surface area contributed by atoms with Crippen LogP contribution in [0.2, 0.25) is 0 Å². The minimum absolute atomic E-state index is 0.0485. The van der Waals surface area contributed by atoms with Gasteiger partial charge < -0.3 is 14.7 Å². The van der Waals surface area contributed by atoms with E-state index in [1.165, 1.54) is 11.0 Å². The molecule has 0 heterocycles. The second-order valence-electron chi connectivity index (χ2n) is 9.72. The number of phenolic OH excluding ortho intramolecular Hbond substituents is 1. The average Bonchev–Trinajstić information content (AvgIpc) is 2.62. The molecule has 0 aromatic heterocycles. The van der Waals surface area contributed by atoms with Crippen LogP contribution in [0.1, 0.15) is 84.9 Å². The normalized spacial score (nSPS) is 12.3. The number of aromatic hydroxyl groups is 1. The summed E-state index contributed by atoms with van der Waals surface area (Å²) in [6.45, 7) is 16.9. The molecule has 0 saturated heterocycles. The van der Waals surface area contributed by atoms with Gasteiger partial charge in [0.05, 0.1) is 6.61 Å². The molecule has 1 N–H and O–H groups in total. The van der Waals surface area contributed by atoms with Crippen LogP contribution in [0.25, 0.3) is 6.08 Å². The van der Waals surface area contributed by atoms with Crippen molar-refractivity contribution in [1.82, 2.24) is 4.90 Å². The summed E-state index contributed by atoms with van der Waals surface area (Å²) in [4.78, 5) is 26.2. The Morgan fingerprint density at radius 1 is 1.03 bits per heavy atom. The summed E-state index contributed by atoms with van der Waals surface area (Å²) in [7, 11) is 0. The second-order valence-corrected chi connectivity index (χ2v) is 9.72. The molecule has 0 atom stereocenters. The monoisotopic (exact) mass is 417 g/mol. The quantitative estimate of drug-likeness (QED) is 0.467. The van der Waals surface area contributed by atoms with E-state index in [0.29, 0.717) is 18.9 Å². The zero-order valence-electron chi connectivity index (χ0n) is 20.0. The van der Waals surface area contributed by atoms with Gasteiger partial charge in [0.15, 0.2) is 0 Å². The van der Waals surface area contributed by atoms with Crippen molar-refractivity contribution in [3.63, 3.8) is 0 Å². The molecule has 1 amide bonds. The SMILES string of the molecule is CCCCN(CC(=O)OCC)C(=O)/C=C/c1cc(C(C)(C)C)c(O)c(C(C)(C)C)c1. The summed E-state index contributed by atoms with van der Waals surface area (Å²) in [6, 6.07) is 3.85. The molecule has 5 nitrogen and oxygen atoms in total. The fourth-order valence-electron chi connectivity index (χ4n) is 3.15. The third-order valence-electron chi connectivity index (χ3n) is 4.89. The Hall–Kier alpha value is -2.30. The van der Waals surface area contributed by atoms with Gasteiger partial charge in [-0.15, -0.1) is 0 Å². The first-order chi connectivity index (χ1) is 13.8. The summed E-state index contributed by atoms with van der Waals surface area (Å²) in [5, 5.41) is 10.8. The van der Waals surface area contributed by atoms with Crippen molar-refractivity contribution in [3.05, 3.63) is 34.9 Å². The Labute approximate surface area is 182 Å². The zero-order valence-corrected chi connectivity index (χ0v) is 20.0. The molecule has 30 heavy (non-hydrogen) atoms. The van der Waals surface area contributed by atoms with E-state index in [2.05, 4.69) is 41.5 Å². The molecule has 168 valence electrons. The molecule has 5 heteroatoms. The fraction of sp³-hybridized carbons (Fsp3) is 0.600. The van der Waals surface area contributed by atoms with E-state index in [0.717, 1.165) is 29.5 Å². The number of hydrogen-bond acceptors (Lipinski definition) is 4. The van der Waals surface area contributed by atoms with Crippen molar-refractivity contribution in [2.75, 3.05) is 19.7 Å². The van der Waals surface area contributed by atoms with Gasteiger partial charge in [-0.25, -0.2) is 0 Å². The van der Waals surface area contributed by atoms with Crippen LogP contribution >= 0.6 is 0 Å². The largest absolute Gasteiger partial charge is 0.507 e. The first-order valence-electron chi connectivity index (χ1n) is 10.8. The number of carbonyl (C=O) groups excluding carboxylic acids is 2. The minimum atomic E-state index is -0.398. The van der Waals surface area contributed by atoms with E-state index in [1.807, 2.05) is 19.1 Å². The summed E-state index contributed by atoms with van der Waals surface area (Å²) in [6.07, 6.45) is 5.01. The van der Waals surface area contributed by atoms with E-state index in [-0.39, 0.29) is 23.3 Å². The van der Waals surface area contributed by atoms with Crippen LogP contribution in [0.5, 0.6) is 5.75 Å². The molecule has 0 aliphatic rings. The van der Waals surface area contributed by atoms with E-state index in [9.17, 15) is 14.7 Å². The van der Waals surface area contributed by atoms with Gasteiger partial charge in [0, 0.05) is 23.7 Å². The molecular weight excluding hydrogens is 378 g/mol. The summed E-state index contributed by atoms with van der Waals surface area (Å²) in [5.74, 6) is -0.311. The van der Waals surface area contributed by atoms with Gasteiger partial charge in [-0.1, -0.05) is 54.9 Å². The van der Waals surface area contributed by atoms with Crippen molar-refractivity contribution in [1.29, 1.82) is 0 Å². The van der Waals surface area contributed by atoms with Crippen LogP contribution in [-0.4, -0.2) is 41.6 Å². The van der Waals surface area contributed by atoms with E-state index in [1.54, 1.807) is 13.0 Å². The number of esters is 1. The summed E-state index contributed by atoms with van der Waals surface area (Å²) >= 11 is 0. The molecule has 0 radical (unpaired) electrons. The lowest BCUT2D eigenvalue weighted by molar-refractivity contribution is -0.147. The maximum absolute atomic E-state index is 12.8. The van der Waals surface area contributed by atoms with Gasteiger partial charge >= 0.3 is 5.97 Å². The maximum atomic E-state index is 12.8. The number of benzene rings is 1. The molecule has 0 aliphatic carbocycles. The number of rotatable bonds is 8. The van der Waals surface area contributed by atoms with E-state index >= 15 is 0 Å². The van der Waals surface area contributed by atoms with E-state index in [4.69, 9.17) is 4.74 Å². The van der Waals surface area contributed by atoms with Gasteiger partial charge in [-0.2, -0.15) is 0 Å². The Bertz CT molecular complexity index is 731. The molecule has 1 rings (SSSR count). The highest BCUT2D eigenvalue weighted by atomic mass is 16.5. The van der Waals surface area contributed by atoms with Gasteiger partial charge in [0.2, 0.25) is 5.91 Å². The summed E-state index contributed by atoms with van der Waals surface area (Å²) in [5.41, 5.74) is 2.06. The van der Waals surface area contributed by atoms with Crippen LogP contribution in [0.15, 0.2) is 18.2 Å². The van der Waals surface area contributed by atoms with E-state index < -0.39 is 5.97 Å². The van der Waals surface area contributed by atoms with Crippen LogP contribution in [0.3, 0.4) is 0 Å². The minimum Gasteiger partial charge on any atom is -0.507 e. The number of nitrogens with zero attached hydrogens (tertiary/aromatic N) is 1. The standard InChI is InChI=1S/C25H39NO4/c1-9-11-14-26(17-22(28)30-10-2)21(27)13-12-18-15-19(24(3,4)5)23(29)20(16-18)25(6,7)8/h12-13,15-16,29H,9-11,14,17H2,1-8H3/b13-12+. The highest BCUT2D eigenvalue weighted by Gasteiger charge is 2.26. The molecular formula is C25H39NO4. The Morgan fingerprint density at radius 3 is 2.00 bits per heavy atom. The topological polar surface area (TPSA) is 66.8 Å². The highest BCUT2D eigenvalue weighted by Crippen LogP contribution is 2.40. The highest BCUT2D eigenvalue weighted by molar-refractivity contribution is 5.93. The van der Waals surface area contributed by atoms with Crippen molar-refractivity contribution < 1.29 is 19.4 Å². The predicted octanol–water partition coefficient (Wildman–Crippen LogP) is 5.19. The van der Waals surface area contributed by atoms with Gasteiger partial charge in [-0.3, -0.25) is 9.59 Å². The number of unbranched alkanes of at least 4 members (excludes halogenated alkanes) is 1. The Balaban J connectivity index is 3.24. The molecule has 1 aromatic carbocycles. The number of phenols is 1. The molecule has 0 aliphatic heterocycles. The average molecular weight is 418 g/mol. The third-order valence-corrected chi connectivity index (χ3v) is 4.89. The third kappa shape index (κ3) is 7.51. The molecule has 0 saturated carbocycles. The Kier molecular flexibility index (Phi) is 9.13. The lowest BCUT2D eigenvalue weighted by atomic mass is 9.78. The van der Waals surface area contributed by atoms with Crippen LogP contribution in [0, 0.1) is 0 Å².